The highest BCUT2D eigenvalue weighted by molar-refractivity contribution is 5.33. The van der Waals surface area contributed by atoms with Gasteiger partial charge in [0.05, 0.1) is 6.61 Å². The van der Waals surface area contributed by atoms with Crippen LogP contribution in [0, 0.1) is 13.8 Å². The topological polar surface area (TPSA) is 21.3 Å². The first-order chi connectivity index (χ1) is 9.09. The summed E-state index contributed by atoms with van der Waals surface area (Å²) >= 11 is 0. The van der Waals surface area contributed by atoms with E-state index in [-0.39, 0.29) is 0 Å². The Labute approximate surface area is 118 Å². The average Bonchev–Trinajstić information content (AvgIpc) is 2.36. The zero-order chi connectivity index (χ0) is 14.1. The quantitative estimate of drug-likeness (QED) is 0.673. The molecule has 1 aromatic carbocycles. The second-order valence-electron chi connectivity index (χ2n) is 5.62. The van der Waals surface area contributed by atoms with Crippen molar-refractivity contribution in [3.63, 3.8) is 0 Å². The summed E-state index contributed by atoms with van der Waals surface area (Å²) < 4.78 is 5.77. The monoisotopic (exact) mass is 263 g/mol. The molecule has 0 unspecified atom stereocenters. The minimum atomic E-state index is 0.605. The molecule has 0 saturated heterocycles. The van der Waals surface area contributed by atoms with E-state index in [0.29, 0.717) is 6.04 Å². The molecule has 0 aliphatic carbocycles. The van der Waals surface area contributed by atoms with Gasteiger partial charge in [-0.3, -0.25) is 0 Å². The van der Waals surface area contributed by atoms with Crippen molar-refractivity contribution in [3.8, 4) is 5.75 Å². The van der Waals surface area contributed by atoms with Crippen LogP contribution in [-0.4, -0.2) is 19.2 Å². The van der Waals surface area contributed by atoms with Gasteiger partial charge >= 0.3 is 0 Å². The van der Waals surface area contributed by atoms with Crippen molar-refractivity contribution in [3.05, 3.63) is 29.3 Å². The number of nitrogens with one attached hydrogen (secondary N) is 1. The lowest BCUT2D eigenvalue weighted by molar-refractivity contribution is 0.304. The Balaban J connectivity index is 2.03. The zero-order valence-electron chi connectivity index (χ0n) is 13.0. The van der Waals surface area contributed by atoms with Crippen molar-refractivity contribution in [2.45, 2.75) is 59.4 Å². The Bertz CT molecular complexity index is 360. The van der Waals surface area contributed by atoms with Crippen LogP contribution < -0.4 is 10.1 Å². The molecule has 0 fully saturated rings. The molecule has 0 amide bonds. The van der Waals surface area contributed by atoms with Crippen LogP contribution in [0.3, 0.4) is 0 Å². The van der Waals surface area contributed by atoms with E-state index in [0.717, 1.165) is 25.3 Å². The minimum absolute atomic E-state index is 0.605. The van der Waals surface area contributed by atoms with E-state index in [1.54, 1.807) is 0 Å². The van der Waals surface area contributed by atoms with E-state index in [1.807, 2.05) is 0 Å². The fraction of sp³-hybridized carbons (Fsp3) is 0.647. The third kappa shape index (κ3) is 7.22. The van der Waals surface area contributed by atoms with E-state index < -0.39 is 0 Å². The van der Waals surface area contributed by atoms with Gasteiger partial charge in [0.15, 0.2) is 0 Å². The molecular weight excluding hydrogens is 234 g/mol. The summed E-state index contributed by atoms with van der Waals surface area (Å²) in [6, 6.07) is 6.92. The summed E-state index contributed by atoms with van der Waals surface area (Å²) in [5.41, 5.74) is 2.63. The summed E-state index contributed by atoms with van der Waals surface area (Å²) in [5, 5.41) is 3.44. The fourth-order valence-electron chi connectivity index (χ4n) is 1.97. The van der Waals surface area contributed by atoms with Gasteiger partial charge in [-0.1, -0.05) is 32.8 Å². The lowest BCUT2D eigenvalue weighted by atomic mass is 10.1. The van der Waals surface area contributed by atoms with Crippen molar-refractivity contribution in [2.75, 3.05) is 13.2 Å². The van der Waals surface area contributed by atoms with Gasteiger partial charge in [-0.25, -0.2) is 0 Å². The number of unbranched alkanes of at least 4 members (excludes halogenated alkanes) is 3. The summed E-state index contributed by atoms with van der Waals surface area (Å²) in [4.78, 5) is 0. The van der Waals surface area contributed by atoms with Gasteiger partial charge < -0.3 is 10.1 Å². The Morgan fingerprint density at radius 3 is 2.42 bits per heavy atom. The SMILES string of the molecule is Cc1ccc(OCCCCCCNC(C)C)cc1C. The molecule has 0 aliphatic heterocycles. The van der Waals surface area contributed by atoms with Gasteiger partial charge in [0, 0.05) is 6.04 Å². The highest BCUT2D eigenvalue weighted by atomic mass is 16.5. The molecule has 0 radical (unpaired) electrons. The largest absolute Gasteiger partial charge is 0.494 e. The van der Waals surface area contributed by atoms with E-state index in [4.69, 9.17) is 4.74 Å². The van der Waals surface area contributed by atoms with Crippen molar-refractivity contribution < 1.29 is 4.74 Å². The summed E-state index contributed by atoms with van der Waals surface area (Å²) in [6.45, 7) is 10.6. The maximum atomic E-state index is 5.77. The maximum Gasteiger partial charge on any atom is 0.119 e. The third-order valence-corrected chi connectivity index (χ3v) is 3.37. The molecule has 0 heterocycles. The van der Waals surface area contributed by atoms with Crippen LogP contribution >= 0.6 is 0 Å². The molecule has 108 valence electrons. The highest BCUT2D eigenvalue weighted by Gasteiger charge is 1.97. The Kier molecular flexibility index (Phi) is 7.57. The molecule has 0 bridgehead atoms. The molecule has 2 heteroatoms. The standard InChI is InChI=1S/C17H29NO/c1-14(2)18-11-7-5-6-8-12-19-17-10-9-15(3)16(4)13-17/h9-10,13-14,18H,5-8,11-12H2,1-4H3. The molecule has 1 aromatic rings. The predicted octanol–water partition coefficient (Wildman–Crippen LogP) is 4.24. The summed E-state index contributed by atoms with van der Waals surface area (Å²) in [5.74, 6) is 1.00. The van der Waals surface area contributed by atoms with Gasteiger partial charge in [-0.15, -0.1) is 0 Å². The van der Waals surface area contributed by atoms with Crippen molar-refractivity contribution in [1.82, 2.24) is 5.32 Å². The Hall–Kier alpha value is -1.02. The molecule has 2 nitrogen and oxygen atoms in total. The van der Waals surface area contributed by atoms with Crippen LogP contribution in [0.15, 0.2) is 18.2 Å². The van der Waals surface area contributed by atoms with Crippen LogP contribution in [-0.2, 0) is 0 Å². The molecule has 19 heavy (non-hydrogen) atoms. The van der Waals surface area contributed by atoms with E-state index in [2.05, 4.69) is 51.2 Å². The van der Waals surface area contributed by atoms with Crippen LogP contribution in [0.4, 0.5) is 0 Å². The second-order valence-corrected chi connectivity index (χ2v) is 5.62. The van der Waals surface area contributed by atoms with Crippen LogP contribution in [0.1, 0.15) is 50.7 Å². The van der Waals surface area contributed by atoms with Crippen LogP contribution in [0.25, 0.3) is 0 Å². The fourth-order valence-corrected chi connectivity index (χ4v) is 1.97. The molecule has 0 atom stereocenters. The molecular formula is C17H29NO. The van der Waals surface area contributed by atoms with E-state index >= 15 is 0 Å². The van der Waals surface area contributed by atoms with Crippen LogP contribution in [0.5, 0.6) is 5.75 Å². The number of ether oxygens (including phenoxy) is 1. The van der Waals surface area contributed by atoms with Gasteiger partial charge in [-0.05, 0) is 56.5 Å². The van der Waals surface area contributed by atoms with Crippen molar-refractivity contribution in [2.24, 2.45) is 0 Å². The smallest absolute Gasteiger partial charge is 0.119 e. The first-order valence-corrected chi connectivity index (χ1v) is 7.53. The number of rotatable bonds is 9. The van der Waals surface area contributed by atoms with Crippen LogP contribution in [0.2, 0.25) is 0 Å². The third-order valence-electron chi connectivity index (χ3n) is 3.37. The number of benzene rings is 1. The first kappa shape index (κ1) is 16.0. The average molecular weight is 263 g/mol. The number of hydrogen-bond donors (Lipinski definition) is 1. The van der Waals surface area contributed by atoms with Gasteiger partial charge in [0.1, 0.15) is 5.75 Å². The molecule has 1 rings (SSSR count). The molecule has 0 aliphatic rings. The Morgan fingerprint density at radius 2 is 1.74 bits per heavy atom. The predicted molar refractivity (Wildman–Crippen MR) is 83.0 cm³/mol. The van der Waals surface area contributed by atoms with Crippen molar-refractivity contribution in [1.29, 1.82) is 0 Å². The van der Waals surface area contributed by atoms with E-state index in [9.17, 15) is 0 Å². The lowest BCUT2D eigenvalue weighted by Gasteiger charge is -2.09. The number of hydrogen-bond acceptors (Lipinski definition) is 2. The first-order valence-electron chi connectivity index (χ1n) is 7.53. The lowest BCUT2D eigenvalue weighted by Crippen LogP contribution is -2.23. The zero-order valence-corrected chi connectivity index (χ0v) is 13.0. The molecule has 1 N–H and O–H groups in total. The molecule has 0 spiro atoms. The van der Waals surface area contributed by atoms with Gasteiger partial charge in [0.2, 0.25) is 0 Å². The minimum Gasteiger partial charge on any atom is -0.494 e. The molecule has 0 aromatic heterocycles. The van der Waals surface area contributed by atoms with E-state index in [1.165, 1.54) is 30.4 Å². The number of aryl methyl sites for hydroxylation is 2. The second kappa shape index (κ2) is 8.98. The molecule has 0 saturated carbocycles. The summed E-state index contributed by atoms with van der Waals surface area (Å²) in [6.07, 6.45) is 4.96. The van der Waals surface area contributed by atoms with Crippen molar-refractivity contribution >= 4 is 0 Å². The Morgan fingerprint density at radius 1 is 1.00 bits per heavy atom. The normalized spacial score (nSPS) is 11.0. The highest BCUT2D eigenvalue weighted by Crippen LogP contribution is 2.16. The van der Waals surface area contributed by atoms with Gasteiger partial charge in [0.25, 0.3) is 0 Å². The maximum absolute atomic E-state index is 5.77. The summed E-state index contributed by atoms with van der Waals surface area (Å²) in [7, 11) is 0. The van der Waals surface area contributed by atoms with Gasteiger partial charge in [-0.2, -0.15) is 0 Å².